The predicted octanol–water partition coefficient (Wildman–Crippen LogP) is 2.06. The van der Waals surface area contributed by atoms with Crippen molar-refractivity contribution in [1.29, 1.82) is 0 Å². The van der Waals surface area contributed by atoms with Crippen LogP contribution < -0.4 is 9.47 Å². The Balaban J connectivity index is 2.58. The fourth-order valence-corrected chi connectivity index (χ4v) is 1.11. The Morgan fingerprint density at radius 3 is 3.09 bits per heavy atom. The molecule has 0 saturated heterocycles. The number of hydrogen-bond donors (Lipinski definition) is 0. The molecule has 0 unspecified atom stereocenters. The van der Waals surface area contributed by atoms with Crippen LogP contribution in [-0.4, -0.2) is 6.79 Å². The molecule has 0 radical (unpaired) electrons. The van der Waals surface area contributed by atoms with Crippen LogP contribution in [0.25, 0.3) is 6.08 Å². The van der Waals surface area contributed by atoms with Crippen molar-refractivity contribution in [2.75, 3.05) is 6.79 Å². The van der Waals surface area contributed by atoms with E-state index in [1.807, 2.05) is 18.2 Å². The molecule has 0 saturated carbocycles. The Morgan fingerprint density at radius 2 is 2.27 bits per heavy atom. The lowest BCUT2D eigenvalue weighted by Crippen LogP contribution is -1.93. The van der Waals surface area contributed by atoms with Gasteiger partial charge in [-0.2, -0.15) is 0 Å². The Kier molecular flexibility index (Phi) is 1.32. The minimum Gasteiger partial charge on any atom is -0.454 e. The lowest BCUT2D eigenvalue weighted by Gasteiger charge is -1.98. The number of para-hydroxylation sites is 1. The molecule has 56 valence electrons. The van der Waals surface area contributed by atoms with Crippen LogP contribution in [0.15, 0.2) is 24.8 Å². The summed E-state index contributed by atoms with van der Waals surface area (Å²) >= 11 is 0. The van der Waals surface area contributed by atoms with E-state index >= 15 is 0 Å². The van der Waals surface area contributed by atoms with Crippen molar-refractivity contribution in [2.45, 2.75) is 0 Å². The maximum absolute atomic E-state index is 5.23. The highest BCUT2D eigenvalue weighted by Crippen LogP contribution is 2.35. The van der Waals surface area contributed by atoms with Crippen molar-refractivity contribution in [3.05, 3.63) is 30.3 Å². The highest BCUT2D eigenvalue weighted by Gasteiger charge is 2.14. The van der Waals surface area contributed by atoms with Gasteiger partial charge in [0.25, 0.3) is 0 Å². The first-order valence-electron chi connectivity index (χ1n) is 3.43. The van der Waals surface area contributed by atoms with Crippen molar-refractivity contribution in [3.8, 4) is 11.5 Å². The Hall–Kier alpha value is -1.44. The summed E-state index contributed by atoms with van der Waals surface area (Å²) in [4.78, 5) is 0. The van der Waals surface area contributed by atoms with Gasteiger partial charge in [-0.3, -0.25) is 0 Å². The van der Waals surface area contributed by atoms with Crippen LogP contribution in [0.2, 0.25) is 0 Å². The molecule has 1 aliphatic rings. The fourth-order valence-electron chi connectivity index (χ4n) is 1.11. The van der Waals surface area contributed by atoms with Crippen LogP contribution in [0.5, 0.6) is 11.5 Å². The van der Waals surface area contributed by atoms with Gasteiger partial charge in [-0.05, 0) is 6.07 Å². The van der Waals surface area contributed by atoms with E-state index in [-0.39, 0.29) is 0 Å². The van der Waals surface area contributed by atoms with Crippen LogP contribution in [-0.2, 0) is 0 Å². The molecule has 1 heterocycles. The van der Waals surface area contributed by atoms with E-state index in [1.54, 1.807) is 6.08 Å². The van der Waals surface area contributed by atoms with Crippen molar-refractivity contribution >= 4 is 6.08 Å². The second kappa shape index (κ2) is 2.31. The zero-order chi connectivity index (χ0) is 7.68. The summed E-state index contributed by atoms with van der Waals surface area (Å²) in [5.74, 6) is 1.62. The Bertz CT molecular complexity index is 292. The van der Waals surface area contributed by atoms with Crippen molar-refractivity contribution in [2.24, 2.45) is 0 Å². The third-order valence-corrected chi connectivity index (χ3v) is 1.65. The number of benzene rings is 1. The molecule has 0 amide bonds. The van der Waals surface area contributed by atoms with Crippen molar-refractivity contribution in [1.82, 2.24) is 0 Å². The van der Waals surface area contributed by atoms with Crippen LogP contribution in [0.4, 0.5) is 0 Å². The highest BCUT2D eigenvalue weighted by molar-refractivity contribution is 5.61. The molecule has 0 spiro atoms. The van der Waals surface area contributed by atoms with Crippen LogP contribution >= 0.6 is 0 Å². The van der Waals surface area contributed by atoms with Gasteiger partial charge in [0.2, 0.25) is 6.79 Å². The third-order valence-electron chi connectivity index (χ3n) is 1.65. The van der Waals surface area contributed by atoms with Gasteiger partial charge < -0.3 is 9.47 Å². The first kappa shape index (κ1) is 6.28. The average molecular weight is 148 g/mol. The first-order valence-corrected chi connectivity index (χ1v) is 3.43. The van der Waals surface area contributed by atoms with Gasteiger partial charge in [-0.1, -0.05) is 24.8 Å². The van der Waals surface area contributed by atoms with E-state index in [1.165, 1.54) is 0 Å². The molecule has 0 bridgehead atoms. The maximum atomic E-state index is 5.23. The summed E-state index contributed by atoms with van der Waals surface area (Å²) in [6, 6.07) is 5.75. The summed E-state index contributed by atoms with van der Waals surface area (Å²) in [5, 5.41) is 0. The van der Waals surface area contributed by atoms with Gasteiger partial charge in [-0.25, -0.2) is 0 Å². The number of hydrogen-bond acceptors (Lipinski definition) is 2. The SMILES string of the molecule is C=Cc1cccc2c1OCO2. The lowest BCUT2D eigenvalue weighted by atomic mass is 10.2. The molecule has 0 aromatic heterocycles. The van der Waals surface area contributed by atoms with E-state index in [4.69, 9.17) is 9.47 Å². The molecule has 1 aromatic rings. The van der Waals surface area contributed by atoms with Crippen LogP contribution in [0, 0.1) is 0 Å². The van der Waals surface area contributed by atoms with Crippen LogP contribution in [0.1, 0.15) is 5.56 Å². The van der Waals surface area contributed by atoms with Gasteiger partial charge in [0.1, 0.15) is 0 Å². The van der Waals surface area contributed by atoms with E-state index in [0.29, 0.717) is 6.79 Å². The largest absolute Gasteiger partial charge is 0.454 e. The second-order valence-electron chi connectivity index (χ2n) is 2.29. The van der Waals surface area contributed by atoms with Gasteiger partial charge in [0.05, 0.1) is 0 Å². The van der Waals surface area contributed by atoms with E-state index in [9.17, 15) is 0 Å². The van der Waals surface area contributed by atoms with Gasteiger partial charge in [0.15, 0.2) is 11.5 Å². The fraction of sp³-hybridized carbons (Fsp3) is 0.111. The minimum atomic E-state index is 0.320. The summed E-state index contributed by atoms with van der Waals surface area (Å²) in [6.07, 6.45) is 1.76. The minimum absolute atomic E-state index is 0.320. The molecular formula is C9H8O2. The first-order chi connectivity index (χ1) is 5.42. The van der Waals surface area contributed by atoms with Gasteiger partial charge in [0, 0.05) is 5.56 Å². The Morgan fingerprint density at radius 1 is 1.36 bits per heavy atom. The van der Waals surface area contributed by atoms with Crippen molar-refractivity contribution < 1.29 is 9.47 Å². The molecule has 11 heavy (non-hydrogen) atoms. The number of ether oxygens (including phenoxy) is 2. The maximum Gasteiger partial charge on any atom is 0.231 e. The molecule has 1 aromatic carbocycles. The van der Waals surface area contributed by atoms with Crippen molar-refractivity contribution in [3.63, 3.8) is 0 Å². The monoisotopic (exact) mass is 148 g/mol. The predicted molar refractivity (Wildman–Crippen MR) is 42.7 cm³/mol. The molecular weight excluding hydrogens is 140 g/mol. The topological polar surface area (TPSA) is 18.5 Å². The van der Waals surface area contributed by atoms with Crippen LogP contribution in [0.3, 0.4) is 0 Å². The molecule has 2 heteroatoms. The quantitative estimate of drug-likeness (QED) is 0.606. The van der Waals surface area contributed by atoms with E-state index < -0.39 is 0 Å². The average Bonchev–Trinajstić information content (AvgIpc) is 2.50. The second-order valence-corrected chi connectivity index (χ2v) is 2.29. The van der Waals surface area contributed by atoms with Gasteiger partial charge in [-0.15, -0.1) is 0 Å². The molecule has 0 N–H and O–H groups in total. The number of fused-ring (bicyclic) bond motifs is 1. The molecule has 2 nitrogen and oxygen atoms in total. The lowest BCUT2D eigenvalue weighted by molar-refractivity contribution is 0.174. The molecule has 0 atom stereocenters. The summed E-state index contributed by atoms with van der Waals surface area (Å²) < 4.78 is 10.4. The van der Waals surface area contributed by atoms with E-state index in [0.717, 1.165) is 17.1 Å². The normalized spacial score (nSPS) is 13.1. The summed E-state index contributed by atoms with van der Waals surface area (Å²) in [6.45, 7) is 3.99. The highest BCUT2D eigenvalue weighted by atomic mass is 16.7. The molecule has 2 rings (SSSR count). The zero-order valence-electron chi connectivity index (χ0n) is 6.04. The summed E-state index contributed by atoms with van der Waals surface area (Å²) in [5.41, 5.74) is 0.986. The zero-order valence-corrected chi connectivity index (χ0v) is 6.04. The Labute approximate surface area is 65.1 Å². The third kappa shape index (κ3) is 0.871. The standard InChI is InChI=1S/C9H8O2/c1-2-7-4-3-5-8-9(7)11-6-10-8/h2-5H,1,6H2. The molecule has 1 aliphatic heterocycles. The smallest absolute Gasteiger partial charge is 0.231 e. The van der Waals surface area contributed by atoms with Gasteiger partial charge >= 0.3 is 0 Å². The van der Waals surface area contributed by atoms with E-state index in [2.05, 4.69) is 6.58 Å². The summed E-state index contributed by atoms with van der Waals surface area (Å²) in [7, 11) is 0. The number of rotatable bonds is 1. The molecule has 0 fully saturated rings. The molecule has 0 aliphatic carbocycles.